The highest BCUT2D eigenvalue weighted by molar-refractivity contribution is 6.33. The molecule has 1 unspecified atom stereocenters. The molecule has 194 valence electrons. The highest BCUT2D eigenvalue weighted by Gasteiger charge is 2.20. The zero-order valence-electron chi connectivity index (χ0n) is 20.6. The SMILES string of the molecule is CNCC1CCC(CCO)CC1.COc1ccc(F)cc1C(CCO)Nc1ccc(C=O)cc1Cl. The summed E-state index contributed by atoms with van der Waals surface area (Å²) in [4.78, 5) is 10.8. The van der Waals surface area contributed by atoms with Crippen molar-refractivity contribution in [3.63, 3.8) is 0 Å². The van der Waals surface area contributed by atoms with Crippen molar-refractivity contribution in [2.45, 2.75) is 44.6 Å². The first-order chi connectivity index (χ1) is 16.9. The number of aldehydes is 1. The second-order valence-electron chi connectivity index (χ2n) is 8.91. The normalized spacial score (nSPS) is 18.2. The number of aliphatic hydroxyl groups is 2. The third-order valence-corrected chi connectivity index (χ3v) is 6.75. The molecule has 0 amide bonds. The number of ether oxygens (including phenoxy) is 1. The molecule has 0 bridgehead atoms. The predicted octanol–water partition coefficient (Wildman–Crippen LogP) is 5.23. The van der Waals surface area contributed by atoms with Crippen molar-refractivity contribution in [2.75, 3.05) is 39.2 Å². The zero-order valence-corrected chi connectivity index (χ0v) is 21.4. The standard InChI is InChI=1S/C17H17ClFNO3.C10H21NO/c1-23-17-5-3-12(19)9-13(17)15(6-7-21)20-16-4-2-11(10-22)8-14(16)18;1-11-8-10-4-2-9(3-5-10)6-7-12/h2-5,8-10,15,20-21H,6-7H2,1H3;9-12H,2-8H2,1H3. The van der Waals surface area contributed by atoms with Gasteiger partial charge >= 0.3 is 0 Å². The van der Waals surface area contributed by atoms with Gasteiger partial charge < -0.3 is 25.6 Å². The molecule has 0 saturated heterocycles. The number of carbonyl (C=O) groups excluding carboxylic acids is 1. The maximum atomic E-state index is 13.6. The van der Waals surface area contributed by atoms with Crippen LogP contribution in [0.25, 0.3) is 0 Å². The maximum Gasteiger partial charge on any atom is 0.150 e. The first kappa shape index (κ1) is 29.0. The summed E-state index contributed by atoms with van der Waals surface area (Å²) in [6, 6.07) is 8.64. The molecule has 2 aromatic carbocycles. The molecule has 0 aliphatic heterocycles. The zero-order chi connectivity index (χ0) is 25.6. The number of carbonyl (C=O) groups is 1. The van der Waals surface area contributed by atoms with E-state index in [1.54, 1.807) is 12.1 Å². The van der Waals surface area contributed by atoms with Crippen LogP contribution in [-0.2, 0) is 0 Å². The van der Waals surface area contributed by atoms with Crippen LogP contribution in [0.5, 0.6) is 5.75 Å². The molecule has 1 fully saturated rings. The van der Waals surface area contributed by atoms with Crippen LogP contribution in [0.15, 0.2) is 36.4 Å². The van der Waals surface area contributed by atoms with Gasteiger partial charge in [0.2, 0.25) is 0 Å². The molecule has 6 nitrogen and oxygen atoms in total. The minimum absolute atomic E-state index is 0.0959. The van der Waals surface area contributed by atoms with Crippen LogP contribution in [0, 0.1) is 17.7 Å². The van der Waals surface area contributed by atoms with E-state index >= 15 is 0 Å². The van der Waals surface area contributed by atoms with Gasteiger partial charge in [-0.3, -0.25) is 4.79 Å². The quantitative estimate of drug-likeness (QED) is 0.311. The lowest BCUT2D eigenvalue weighted by atomic mass is 9.81. The van der Waals surface area contributed by atoms with Gasteiger partial charge in [0.1, 0.15) is 17.9 Å². The van der Waals surface area contributed by atoms with E-state index < -0.39 is 11.9 Å². The molecule has 0 spiro atoms. The van der Waals surface area contributed by atoms with Gasteiger partial charge in [0.05, 0.1) is 23.9 Å². The van der Waals surface area contributed by atoms with Crippen LogP contribution >= 0.6 is 11.6 Å². The van der Waals surface area contributed by atoms with E-state index in [-0.39, 0.29) is 6.61 Å². The molecule has 1 saturated carbocycles. The molecule has 8 heteroatoms. The number of aliphatic hydroxyl groups excluding tert-OH is 2. The monoisotopic (exact) mass is 508 g/mol. The van der Waals surface area contributed by atoms with Crippen molar-refractivity contribution in [3.05, 3.63) is 58.4 Å². The van der Waals surface area contributed by atoms with Crippen molar-refractivity contribution < 1.29 is 24.1 Å². The summed E-state index contributed by atoms with van der Waals surface area (Å²) >= 11 is 6.16. The molecule has 0 radical (unpaired) electrons. The Morgan fingerprint density at radius 2 is 1.83 bits per heavy atom. The summed E-state index contributed by atoms with van der Waals surface area (Å²) in [6.07, 6.45) is 7.42. The van der Waals surface area contributed by atoms with Gasteiger partial charge in [0.15, 0.2) is 0 Å². The summed E-state index contributed by atoms with van der Waals surface area (Å²) in [6.45, 7) is 1.45. The minimum Gasteiger partial charge on any atom is -0.496 e. The number of anilines is 1. The number of rotatable bonds is 11. The van der Waals surface area contributed by atoms with E-state index in [1.165, 1.54) is 63.6 Å². The van der Waals surface area contributed by atoms with Gasteiger partial charge in [-0.05, 0) is 87.5 Å². The number of halogens is 2. The number of nitrogens with one attached hydrogen (secondary N) is 2. The third-order valence-electron chi connectivity index (χ3n) is 6.44. The van der Waals surface area contributed by atoms with Gasteiger partial charge in [0.25, 0.3) is 0 Å². The lowest BCUT2D eigenvalue weighted by molar-refractivity contribution is 0.112. The van der Waals surface area contributed by atoms with E-state index in [4.69, 9.17) is 21.4 Å². The summed E-state index contributed by atoms with van der Waals surface area (Å²) in [5.41, 5.74) is 1.63. The van der Waals surface area contributed by atoms with E-state index in [2.05, 4.69) is 10.6 Å². The lowest BCUT2D eigenvalue weighted by Crippen LogP contribution is -2.24. The Hall–Kier alpha value is -2.19. The van der Waals surface area contributed by atoms with Crippen molar-refractivity contribution in [1.82, 2.24) is 5.32 Å². The second-order valence-corrected chi connectivity index (χ2v) is 9.32. The average molecular weight is 509 g/mol. The minimum atomic E-state index is -0.398. The predicted molar refractivity (Wildman–Crippen MR) is 139 cm³/mol. The fraction of sp³-hybridized carbons (Fsp3) is 0.519. The second kappa shape index (κ2) is 15.7. The van der Waals surface area contributed by atoms with Crippen LogP contribution in [-0.4, -0.2) is 50.4 Å². The van der Waals surface area contributed by atoms with E-state index in [1.807, 2.05) is 7.05 Å². The fourth-order valence-electron chi connectivity index (χ4n) is 4.52. The van der Waals surface area contributed by atoms with Crippen molar-refractivity contribution in [1.29, 1.82) is 0 Å². The Labute approximate surface area is 212 Å². The van der Waals surface area contributed by atoms with Crippen LogP contribution in [0.3, 0.4) is 0 Å². The molecule has 0 aromatic heterocycles. The molecule has 0 heterocycles. The van der Waals surface area contributed by atoms with Crippen LogP contribution in [0.1, 0.15) is 60.5 Å². The molecular weight excluding hydrogens is 471 g/mol. The summed E-state index contributed by atoms with van der Waals surface area (Å²) < 4.78 is 18.9. The Balaban J connectivity index is 0.000000303. The van der Waals surface area contributed by atoms with Gasteiger partial charge in [-0.1, -0.05) is 24.4 Å². The van der Waals surface area contributed by atoms with Crippen molar-refractivity contribution in [3.8, 4) is 5.75 Å². The molecule has 4 N–H and O–H groups in total. The van der Waals surface area contributed by atoms with Gasteiger partial charge in [-0.25, -0.2) is 4.39 Å². The maximum absolute atomic E-state index is 13.6. The Bertz CT molecular complexity index is 893. The molecule has 1 aliphatic rings. The number of benzene rings is 2. The first-order valence-electron chi connectivity index (χ1n) is 12.2. The Morgan fingerprint density at radius 1 is 1.11 bits per heavy atom. The first-order valence-corrected chi connectivity index (χ1v) is 12.5. The van der Waals surface area contributed by atoms with E-state index in [0.29, 0.717) is 46.9 Å². The van der Waals surface area contributed by atoms with Crippen molar-refractivity contribution >= 4 is 23.6 Å². The van der Waals surface area contributed by atoms with E-state index in [9.17, 15) is 14.3 Å². The molecule has 35 heavy (non-hydrogen) atoms. The number of hydrogen-bond acceptors (Lipinski definition) is 6. The third kappa shape index (κ3) is 9.41. The van der Waals surface area contributed by atoms with Crippen molar-refractivity contribution in [2.24, 2.45) is 11.8 Å². The molecule has 2 aromatic rings. The van der Waals surface area contributed by atoms with Gasteiger partial charge in [-0.15, -0.1) is 0 Å². The Morgan fingerprint density at radius 3 is 2.40 bits per heavy atom. The molecule has 1 aliphatic carbocycles. The van der Waals surface area contributed by atoms with Crippen LogP contribution < -0.4 is 15.4 Å². The summed E-state index contributed by atoms with van der Waals surface area (Å²) in [5.74, 6) is 1.82. The number of hydrogen-bond donors (Lipinski definition) is 4. The largest absolute Gasteiger partial charge is 0.496 e. The van der Waals surface area contributed by atoms with E-state index in [0.717, 1.165) is 18.3 Å². The highest BCUT2D eigenvalue weighted by Crippen LogP contribution is 2.33. The smallest absolute Gasteiger partial charge is 0.150 e. The topological polar surface area (TPSA) is 90.8 Å². The van der Waals surface area contributed by atoms with Crippen LogP contribution in [0.4, 0.5) is 10.1 Å². The molecule has 3 rings (SSSR count). The number of methoxy groups -OCH3 is 1. The molecule has 1 atom stereocenters. The highest BCUT2D eigenvalue weighted by atomic mass is 35.5. The van der Waals surface area contributed by atoms with Crippen LogP contribution in [0.2, 0.25) is 5.02 Å². The summed E-state index contributed by atoms with van der Waals surface area (Å²) in [7, 11) is 3.53. The Kier molecular flexibility index (Phi) is 13.1. The molecular formula is C27H38ClFN2O4. The van der Waals surface area contributed by atoms with Gasteiger partial charge in [-0.2, -0.15) is 0 Å². The fourth-order valence-corrected chi connectivity index (χ4v) is 4.76. The lowest BCUT2D eigenvalue weighted by Gasteiger charge is -2.27. The van der Waals surface area contributed by atoms with Gasteiger partial charge in [0, 0.05) is 24.3 Å². The summed E-state index contributed by atoms with van der Waals surface area (Å²) in [5, 5.41) is 24.8. The average Bonchev–Trinajstić information content (AvgIpc) is 2.86.